The number of anilines is 1. The molecule has 1 N–H and O–H groups in total. The Hall–Kier alpha value is -2.47. The van der Waals surface area contributed by atoms with Crippen LogP contribution in [0.5, 0.6) is 0 Å². The summed E-state index contributed by atoms with van der Waals surface area (Å²) < 4.78 is 4.53. The maximum Gasteiger partial charge on any atom is 0.284 e. The van der Waals surface area contributed by atoms with E-state index in [0.29, 0.717) is 5.06 Å². The number of ketones is 1. The zero-order valence-corrected chi connectivity index (χ0v) is 9.53. The van der Waals surface area contributed by atoms with Crippen molar-refractivity contribution in [2.75, 3.05) is 5.06 Å². The van der Waals surface area contributed by atoms with Crippen LogP contribution < -0.4 is 5.06 Å². The third-order valence-electron chi connectivity index (χ3n) is 2.37. The van der Waals surface area contributed by atoms with Crippen molar-refractivity contribution >= 4 is 17.5 Å². The molecular formula is C12H10N2O4. The van der Waals surface area contributed by atoms with E-state index in [9.17, 15) is 14.8 Å². The van der Waals surface area contributed by atoms with Crippen LogP contribution >= 0.6 is 0 Å². The molecule has 0 bridgehead atoms. The minimum absolute atomic E-state index is 0.0432. The lowest BCUT2D eigenvalue weighted by Gasteiger charge is -2.12. The van der Waals surface area contributed by atoms with E-state index in [0.717, 1.165) is 0 Å². The van der Waals surface area contributed by atoms with Crippen molar-refractivity contribution in [3.8, 4) is 0 Å². The second kappa shape index (κ2) is 4.80. The summed E-state index contributed by atoms with van der Waals surface area (Å²) in [6.07, 6.45) is 1.22. The number of Topliss-reactive ketones (excluding diaryl/α,β-unsaturated/α-hetero) is 1. The highest BCUT2D eigenvalue weighted by Crippen LogP contribution is 2.16. The monoisotopic (exact) mass is 246 g/mol. The third-order valence-corrected chi connectivity index (χ3v) is 2.37. The van der Waals surface area contributed by atoms with Gasteiger partial charge in [-0.05, 0) is 13.0 Å². The van der Waals surface area contributed by atoms with Crippen LogP contribution in [-0.4, -0.2) is 22.1 Å². The number of rotatable bonds is 3. The van der Waals surface area contributed by atoms with Crippen LogP contribution in [0.15, 0.2) is 41.1 Å². The van der Waals surface area contributed by atoms with Crippen molar-refractivity contribution in [3.63, 3.8) is 0 Å². The van der Waals surface area contributed by atoms with E-state index in [1.807, 2.05) is 0 Å². The van der Waals surface area contributed by atoms with Crippen molar-refractivity contribution in [1.82, 2.24) is 5.16 Å². The molecule has 0 aliphatic rings. The first-order valence-electron chi connectivity index (χ1n) is 5.15. The summed E-state index contributed by atoms with van der Waals surface area (Å²) in [4.78, 5) is 23.4. The van der Waals surface area contributed by atoms with Gasteiger partial charge in [0.1, 0.15) is 6.26 Å². The number of nitrogens with zero attached hydrogens (tertiary/aromatic N) is 2. The largest absolute Gasteiger partial charge is 0.363 e. The highest BCUT2D eigenvalue weighted by Gasteiger charge is 2.21. The minimum atomic E-state index is -0.741. The molecular weight excluding hydrogens is 236 g/mol. The maximum atomic E-state index is 12.0. The van der Waals surface area contributed by atoms with E-state index in [1.165, 1.54) is 31.4 Å². The first kappa shape index (κ1) is 12.0. The molecule has 0 spiro atoms. The molecule has 6 nitrogen and oxygen atoms in total. The number of benzene rings is 1. The van der Waals surface area contributed by atoms with Crippen LogP contribution in [0.4, 0.5) is 5.82 Å². The van der Waals surface area contributed by atoms with Crippen molar-refractivity contribution < 1.29 is 19.3 Å². The van der Waals surface area contributed by atoms with E-state index in [2.05, 4.69) is 9.68 Å². The van der Waals surface area contributed by atoms with E-state index < -0.39 is 5.91 Å². The Labute approximate surface area is 102 Å². The Morgan fingerprint density at radius 1 is 1.22 bits per heavy atom. The predicted molar refractivity (Wildman–Crippen MR) is 61.5 cm³/mol. The summed E-state index contributed by atoms with van der Waals surface area (Å²) in [7, 11) is 0. The van der Waals surface area contributed by atoms with Crippen LogP contribution in [0.3, 0.4) is 0 Å². The number of carbonyl (C=O) groups excluding carboxylic acids is 2. The molecule has 2 aromatic rings. The third kappa shape index (κ3) is 2.14. The van der Waals surface area contributed by atoms with Crippen LogP contribution in [0, 0.1) is 0 Å². The smallest absolute Gasteiger partial charge is 0.284 e. The Morgan fingerprint density at radius 2 is 1.89 bits per heavy atom. The highest BCUT2D eigenvalue weighted by molar-refractivity contribution is 6.11. The Bertz CT molecular complexity index is 578. The average molecular weight is 246 g/mol. The predicted octanol–water partition coefficient (Wildman–Crippen LogP) is 1.91. The molecule has 0 saturated carbocycles. The SMILES string of the molecule is CC(=O)c1ccccc1C(=O)N(O)c1ccon1. The molecule has 1 aromatic heterocycles. The summed E-state index contributed by atoms with van der Waals surface area (Å²) in [6, 6.07) is 7.56. The molecule has 0 saturated heterocycles. The van der Waals surface area contributed by atoms with E-state index >= 15 is 0 Å². The molecule has 0 aliphatic heterocycles. The van der Waals surface area contributed by atoms with Gasteiger partial charge in [-0.15, -0.1) is 0 Å². The van der Waals surface area contributed by atoms with Crippen molar-refractivity contribution in [2.45, 2.75) is 6.92 Å². The fraction of sp³-hybridized carbons (Fsp3) is 0.0833. The first-order valence-corrected chi connectivity index (χ1v) is 5.15. The van der Waals surface area contributed by atoms with Gasteiger partial charge in [0.15, 0.2) is 5.78 Å². The summed E-state index contributed by atoms with van der Waals surface area (Å²) in [5.41, 5.74) is 0.348. The molecule has 1 amide bonds. The molecule has 1 aromatic carbocycles. The van der Waals surface area contributed by atoms with E-state index in [1.54, 1.807) is 12.1 Å². The Balaban J connectivity index is 2.37. The van der Waals surface area contributed by atoms with Gasteiger partial charge in [0.05, 0.1) is 5.56 Å². The standard InChI is InChI=1S/C12H10N2O4/c1-8(15)9-4-2-3-5-10(9)12(16)14(17)11-6-7-18-13-11/h2-7,17H,1H3. The Kier molecular flexibility index (Phi) is 3.20. The van der Waals surface area contributed by atoms with Crippen molar-refractivity contribution in [3.05, 3.63) is 47.7 Å². The lowest BCUT2D eigenvalue weighted by molar-refractivity contribution is 0.0843. The normalized spacial score (nSPS) is 10.1. The van der Waals surface area contributed by atoms with Crippen molar-refractivity contribution in [1.29, 1.82) is 0 Å². The average Bonchev–Trinajstić information content (AvgIpc) is 2.90. The zero-order valence-electron chi connectivity index (χ0n) is 9.53. The zero-order chi connectivity index (χ0) is 13.1. The fourth-order valence-corrected chi connectivity index (χ4v) is 1.51. The Morgan fingerprint density at radius 3 is 2.44 bits per heavy atom. The number of hydroxylamine groups is 1. The maximum absolute atomic E-state index is 12.0. The van der Waals surface area contributed by atoms with Crippen LogP contribution in [0.1, 0.15) is 27.6 Å². The number of aromatic nitrogens is 1. The first-order chi connectivity index (χ1) is 8.61. The second-order valence-electron chi connectivity index (χ2n) is 3.58. The van der Waals surface area contributed by atoms with Gasteiger partial charge in [0.2, 0.25) is 5.82 Å². The topological polar surface area (TPSA) is 83.6 Å². The van der Waals surface area contributed by atoms with Gasteiger partial charge in [-0.25, -0.2) is 0 Å². The van der Waals surface area contributed by atoms with Gasteiger partial charge < -0.3 is 4.52 Å². The van der Waals surface area contributed by atoms with Gasteiger partial charge in [0.25, 0.3) is 5.91 Å². The molecule has 0 unspecified atom stereocenters. The van der Waals surface area contributed by atoms with Crippen LogP contribution in [-0.2, 0) is 0 Å². The van der Waals surface area contributed by atoms with Gasteiger partial charge in [0, 0.05) is 11.6 Å². The summed E-state index contributed by atoms with van der Waals surface area (Å²) in [6.45, 7) is 1.35. The summed E-state index contributed by atoms with van der Waals surface area (Å²) in [5.74, 6) is -1.04. The molecule has 0 radical (unpaired) electrons. The van der Waals surface area contributed by atoms with E-state index in [-0.39, 0.29) is 22.7 Å². The van der Waals surface area contributed by atoms with Crippen LogP contribution in [0.25, 0.3) is 0 Å². The second-order valence-corrected chi connectivity index (χ2v) is 3.58. The van der Waals surface area contributed by atoms with Gasteiger partial charge >= 0.3 is 0 Å². The molecule has 0 fully saturated rings. The molecule has 6 heteroatoms. The lowest BCUT2D eigenvalue weighted by Crippen LogP contribution is -2.28. The van der Waals surface area contributed by atoms with Crippen molar-refractivity contribution in [2.24, 2.45) is 0 Å². The number of amides is 1. The lowest BCUT2D eigenvalue weighted by atomic mass is 10.0. The van der Waals surface area contributed by atoms with Gasteiger partial charge in [-0.2, -0.15) is 5.06 Å². The van der Waals surface area contributed by atoms with E-state index in [4.69, 9.17) is 0 Å². The molecule has 2 rings (SSSR count). The van der Waals surface area contributed by atoms with Crippen LogP contribution in [0.2, 0.25) is 0 Å². The molecule has 1 heterocycles. The molecule has 0 aliphatic carbocycles. The van der Waals surface area contributed by atoms with Gasteiger partial charge in [-0.1, -0.05) is 23.4 Å². The molecule has 18 heavy (non-hydrogen) atoms. The molecule has 92 valence electrons. The number of hydrogen-bond donors (Lipinski definition) is 1. The number of carbonyl (C=O) groups is 2. The fourth-order valence-electron chi connectivity index (χ4n) is 1.51. The number of hydrogen-bond acceptors (Lipinski definition) is 5. The van der Waals surface area contributed by atoms with Gasteiger partial charge in [-0.3, -0.25) is 14.8 Å². The molecule has 0 atom stereocenters. The summed E-state index contributed by atoms with van der Waals surface area (Å²) in [5, 5.41) is 13.5. The minimum Gasteiger partial charge on any atom is -0.363 e. The summed E-state index contributed by atoms with van der Waals surface area (Å²) >= 11 is 0. The highest BCUT2D eigenvalue weighted by atomic mass is 16.5. The quantitative estimate of drug-likeness (QED) is 0.508.